The Hall–Kier alpha value is -0.670. The van der Waals surface area contributed by atoms with E-state index in [4.69, 9.17) is 5.73 Å². The SMILES string of the molecule is C=C(C)C(N)c1sc(C)nc1C. The molecule has 0 amide bonds. The average Bonchev–Trinajstić information content (AvgIpc) is 2.28. The van der Waals surface area contributed by atoms with Crippen molar-refractivity contribution in [2.75, 3.05) is 0 Å². The molecule has 0 radical (unpaired) electrons. The van der Waals surface area contributed by atoms with Crippen LogP contribution in [0.4, 0.5) is 0 Å². The van der Waals surface area contributed by atoms with Crippen LogP contribution >= 0.6 is 11.3 Å². The Labute approximate surface area is 77.1 Å². The number of nitrogens with zero attached hydrogens (tertiary/aromatic N) is 1. The topological polar surface area (TPSA) is 38.9 Å². The van der Waals surface area contributed by atoms with Gasteiger partial charge in [0, 0.05) is 4.88 Å². The van der Waals surface area contributed by atoms with Crippen LogP contribution < -0.4 is 5.73 Å². The Balaban J connectivity index is 3.02. The number of hydrogen-bond donors (Lipinski definition) is 1. The van der Waals surface area contributed by atoms with Crippen molar-refractivity contribution < 1.29 is 0 Å². The molecule has 1 aromatic rings. The van der Waals surface area contributed by atoms with Crippen LogP contribution in [-0.4, -0.2) is 4.98 Å². The number of aryl methyl sites for hydroxylation is 2. The van der Waals surface area contributed by atoms with Crippen LogP contribution in [0.5, 0.6) is 0 Å². The average molecular weight is 182 g/mol. The quantitative estimate of drug-likeness (QED) is 0.713. The van der Waals surface area contributed by atoms with Gasteiger partial charge in [-0.2, -0.15) is 0 Å². The molecular formula is C9H14N2S. The molecule has 0 fully saturated rings. The molecule has 1 atom stereocenters. The predicted octanol–water partition coefficient (Wildman–Crippen LogP) is 2.34. The molecule has 1 heterocycles. The third-order valence-corrected chi connectivity index (χ3v) is 2.91. The van der Waals surface area contributed by atoms with E-state index in [9.17, 15) is 0 Å². The van der Waals surface area contributed by atoms with Crippen LogP contribution in [0, 0.1) is 13.8 Å². The van der Waals surface area contributed by atoms with Crippen molar-refractivity contribution in [3.8, 4) is 0 Å². The third kappa shape index (κ3) is 1.73. The third-order valence-electron chi connectivity index (χ3n) is 1.75. The van der Waals surface area contributed by atoms with Crippen LogP contribution in [0.15, 0.2) is 12.2 Å². The number of thiazole rings is 1. The van der Waals surface area contributed by atoms with Gasteiger partial charge in [-0.05, 0) is 20.8 Å². The molecule has 12 heavy (non-hydrogen) atoms. The summed E-state index contributed by atoms with van der Waals surface area (Å²) >= 11 is 1.65. The molecule has 0 saturated heterocycles. The van der Waals surface area contributed by atoms with Crippen molar-refractivity contribution in [1.82, 2.24) is 4.98 Å². The highest BCUT2D eigenvalue weighted by atomic mass is 32.1. The zero-order valence-corrected chi connectivity index (χ0v) is 8.53. The second-order valence-corrected chi connectivity index (χ2v) is 4.24. The first-order valence-electron chi connectivity index (χ1n) is 3.87. The van der Waals surface area contributed by atoms with Crippen LogP contribution in [-0.2, 0) is 0 Å². The van der Waals surface area contributed by atoms with Gasteiger partial charge in [-0.3, -0.25) is 0 Å². The van der Waals surface area contributed by atoms with Gasteiger partial charge in [-0.1, -0.05) is 12.2 Å². The highest BCUT2D eigenvalue weighted by Crippen LogP contribution is 2.26. The fraction of sp³-hybridized carbons (Fsp3) is 0.444. The smallest absolute Gasteiger partial charge is 0.0900 e. The van der Waals surface area contributed by atoms with Gasteiger partial charge in [0.15, 0.2) is 0 Å². The minimum absolute atomic E-state index is 0.0452. The van der Waals surface area contributed by atoms with Crippen molar-refractivity contribution in [3.05, 3.63) is 27.7 Å². The Morgan fingerprint density at radius 3 is 2.50 bits per heavy atom. The number of aromatic nitrogens is 1. The largest absolute Gasteiger partial charge is 0.320 e. The van der Waals surface area contributed by atoms with Crippen molar-refractivity contribution in [2.24, 2.45) is 5.73 Å². The van der Waals surface area contributed by atoms with Crippen LogP contribution in [0.2, 0.25) is 0 Å². The second-order valence-electron chi connectivity index (χ2n) is 3.01. The molecule has 0 aromatic carbocycles. The van der Waals surface area contributed by atoms with E-state index in [1.807, 2.05) is 20.8 Å². The van der Waals surface area contributed by atoms with Gasteiger partial charge >= 0.3 is 0 Å². The molecule has 0 spiro atoms. The minimum atomic E-state index is -0.0452. The van der Waals surface area contributed by atoms with Crippen LogP contribution in [0.3, 0.4) is 0 Å². The first-order chi connectivity index (χ1) is 5.52. The van der Waals surface area contributed by atoms with Gasteiger partial charge in [0.25, 0.3) is 0 Å². The molecule has 0 aliphatic rings. The van der Waals surface area contributed by atoms with Crippen molar-refractivity contribution in [1.29, 1.82) is 0 Å². The molecule has 66 valence electrons. The molecule has 1 unspecified atom stereocenters. The standard InChI is InChI=1S/C9H14N2S/c1-5(2)8(10)9-6(3)11-7(4)12-9/h8H,1,10H2,2-4H3. The minimum Gasteiger partial charge on any atom is -0.320 e. The maximum absolute atomic E-state index is 5.92. The summed E-state index contributed by atoms with van der Waals surface area (Å²) in [7, 11) is 0. The summed E-state index contributed by atoms with van der Waals surface area (Å²) in [5, 5.41) is 1.07. The lowest BCUT2D eigenvalue weighted by molar-refractivity contribution is 0.856. The fourth-order valence-corrected chi connectivity index (χ4v) is 2.08. The van der Waals surface area contributed by atoms with E-state index in [1.54, 1.807) is 11.3 Å². The lowest BCUT2D eigenvalue weighted by atomic mass is 10.1. The molecule has 0 aliphatic carbocycles. The van der Waals surface area contributed by atoms with E-state index in [2.05, 4.69) is 11.6 Å². The maximum Gasteiger partial charge on any atom is 0.0900 e. The summed E-state index contributed by atoms with van der Waals surface area (Å²) in [6, 6.07) is -0.0452. The summed E-state index contributed by atoms with van der Waals surface area (Å²) in [5.41, 5.74) is 7.95. The molecule has 2 N–H and O–H groups in total. The van der Waals surface area contributed by atoms with E-state index in [1.165, 1.54) is 0 Å². The van der Waals surface area contributed by atoms with Gasteiger partial charge < -0.3 is 5.73 Å². The number of nitrogens with two attached hydrogens (primary N) is 1. The summed E-state index contributed by atoms with van der Waals surface area (Å²) in [6.07, 6.45) is 0. The highest BCUT2D eigenvalue weighted by Gasteiger charge is 2.13. The molecule has 1 aromatic heterocycles. The Kier molecular flexibility index (Phi) is 2.65. The van der Waals surface area contributed by atoms with Gasteiger partial charge in [0.05, 0.1) is 16.7 Å². The lowest BCUT2D eigenvalue weighted by Crippen LogP contribution is -2.10. The van der Waals surface area contributed by atoms with E-state index in [0.29, 0.717) is 0 Å². The second kappa shape index (κ2) is 3.37. The fourth-order valence-electron chi connectivity index (χ4n) is 1.06. The van der Waals surface area contributed by atoms with Gasteiger partial charge in [0.2, 0.25) is 0 Å². The summed E-state index contributed by atoms with van der Waals surface area (Å²) < 4.78 is 0. The Morgan fingerprint density at radius 1 is 1.58 bits per heavy atom. The van der Waals surface area contributed by atoms with E-state index >= 15 is 0 Å². The summed E-state index contributed by atoms with van der Waals surface area (Å²) in [6.45, 7) is 9.76. The Bertz CT molecular complexity index is 301. The molecule has 1 rings (SSSR count). The zero-order valence-electron chi connectivity index (χ0n) is 7.72. The Morgan fingerprint density at radius 2 is 2.17 bits per heavy atom. The molecule has 2 nitrogen and oxygen atoms in total. The maximum atomic E-state index is 5.92. The monoisotopic (exact) mass is 182 g/mol. The summed E-state index contributed by atoms with van der Waals surface area (Å²) in [5.74, 6) is 0. The van der Waals surface area contributed by atoms with Crippen molar-refractivity contribution in [3.63, 3.8) is 0 Å². The normalized spacial score (nSPS) is 13.0. The molecule has 0 saturated carbocycles. The molecule has 0 aliphatic heterocycles. The lowest BCUT2D eigenvalue weighted by Gasteiger charge is -2.08. The predicted molar refractivity (Wildman–Crippen MR) is 53.3 cm³/mol. The van der Waals surface area contributed by atoms with Gasteiger partial charge in [0.1, 0.15) is 0 Å². The van der Waals surface area contributed by atoms with Crippen LogP contribution in [0.25, 0.3) is 0 Å². The zero-order chi connectivity index (χ0) is 9.30. The van der Waals surface area contributed by atoms with Gasteiger partial charge in [-0.15, -0.1) is 11.3 Å². The molecular weight excluding hydrogens is 168 g/mol. The van der Waals surface area contributed by atoms with E-state index in [0.717, 1.165) is 21.2 Å². The first-order valence-corrected chi connectivity index (χ1v) is 4.69. The molecule has 0 bridgehead atoms. The van der Waals surface area contributed by atoms with Crippen molar-refractivity contribution >= 4 is 11.3 Å². The van der Waals surface area contributed by atoms with E-state index in [-0.39, 0.29) is 6.04 Å². The number of hydrogen-bond acceptors (Lipinski definition) is 3. The number of rotatable bonds is 2. The van der Waals surface area contributed by atoms with Gasteiger partial charge in [-0.25, -0.2) is 4.98 Å². The molecule has 3 heteroatoms. The summed E-state index contributed by atoms with van der Waals surface area (Å²) in [4.78, 5) is 5.45. The van der Waals surface area contributed by atoms with Crippen LogP contribution in [0.1, 0.15) is 28.5 Å². The highest BCUT2D eigenvalue weighted by molar-refractivity contribution is 7.11. The van der Waals surface area contributed by atoms with Crippen molar-refractivity contribution in [2.45, 2.75) is 26.8 Å². The first kappa shape index (κ1) is 9.42. The van der Waals surface area contributed by atoms with E-state index < -0.39 is 0 Å².